The summed E-state index contributed by atoms with van der Waals surface area (Å²) in [4.78, 5) is 0. The lowest BCUT2D eigenvalue weighted by Crippen LogP contribution is -2.31. The van der Waals surface area contributed by atoms with Gasteiger partial charge in [0.1, 0.15) is 0 Å². The second kappa shape index (κ2) is 7.72. The fourth-order valence-electron chi connectivity index (χ4n) is 2.42. The Kier molecular flexibility index (Phi) is 5.95. The normalized spacial score (nSPS) is 18.9. The van der Waals surface area contributed by atoms with Crippen LogP contribution in [-0.2, 0) is 11.3 Å². The quantitative estimate of drug-likeness (QED) is 0.876. The van der Waals surface area contributed by atoms with E-state index in [1.807, 2.05) is 12.1 Å². The molecule has 0 spiro atoms. The molecule has 1 aromatic rings. The van der Waals surface area contributed by atoms with E-state index in [4.69, 9.17) is 25.8 Å². The molecule has 1 unspecified atom stereocenters. The van der Waals surface area contributed by atoms with Crippen LogP contribution in [0.25, 0.3) is 0 Å². The molecule has 0 saturated carbocycles. The summed E-state index contributed by atoms with van der Waals surface area (Å²) in [7, 11) is 3.20. The van der Waals surface area contributed by atoms with Gasteiger partial charge in [-0.3, -0.25) is 0 Å². The van der Waals surface area contributed by atoms with Crippen molar-refractivity contribution >= 4 is 11.6 Å². The molecule has 0 aromatic heterocycles. The highest BCUT2D eigenvalue weighted by Crippen LogP contribution is 2.35. The number of hydrogen-bond acceptors (Lipinski definition) is 4. The first-order chi connectivity index (χ1) is 9.74. The summed E-state index contributed by atoms with van der Waals surface area (Å²) in [6, 6.07) is 3.84. The molecule has 1 fully saturated rings. The molecule has 20 heavy (non-hydrogen) atoms. The SMILES string of the molecule is COc1cc(CNCC2CCCCO2)cc(Cl)c1OC. The van der Waals surface area contributed by atoms with E-state index in [-0.39, 0.29) is 0 Å². The molecule has 0 radical (unpaired) electrons. The Balaban J connectivity index is 1.90. The molecule has 0 aliphatic carbocycles. The van der Waals surface area contributed by atoms with Gasteiger partial charge in [0.05, 0.1) is 25.3 Å². The monoisotopic (exact) mass is 299 g/mol. The summed E-state index contributed by atoms with van der Waals surface area (Å²) in [5, 5.41) is 3.97. The van der Waals surface area contributed by atoms with Gasteiger partial charge in [0.2, 0.25) is 0 Å². The van der Waals surface area contributed by atoms with Gasteiger partial charge in [0, 0.05) is 19.7 Å². The van der Waals surface area contributed by atoms with Crippen LogP contribution >= 0.6 is 11.6 Å². The molecule has 112 valence electrons. The molecule has 1 N–H and O–H groups in total. The van der Waals surface area contributed by atoms with E-state index in [0.717, 1.165) is 31.7 Å². The van der Waals surface area contributed by atoms with Crippen molar-refractivity contribution < 1.29 is 14.2 Å². The third kappa shape index (κ3) is 4.01. The predicted molar refractivity (Wildman–Crippen MR) is 79.9 cm³/mol. The predicted octanol–water partition coefficient (Wildman–Crippen LogP) is 3.02. The third-order valence-electron chi connectivity index (χ3n) is 3.47. The van der Waals surface area contributed by atoms with Crippen LogP contribution in [0.1, 0.15) is 24.8 Å². The number of nitrogens with one attached hydrogen (secondary N) is 1. The summed E-state index contributed by atoms with van der Waals surface area (Å²) >= 11 is 6.18. The maximum absolute atomic E-state index is 6.18. The second-order valence-corrected chi connectivity index (χ2v) is 5.34. The van der Waals surface area contributed by atoms with Gasteiger partial charge < -0.3 is 19.5 Å². The van der Waals surface area contributed by atoms with E-state index < -0.39 is 0 Å². The summed E-state index contributed by atoms with van der Waals surface area (Å²) in [6.45, 7) is 2.49. The number of ether oxygens (including phenoxy) is 3. The number of hydrogen-bond donors (Lipinski definition) is 1. The van der Waals surface area contributed by atoms with Crippen molar-refractivity contribution in [1.82, 2.24) is 5.32 Å². The minimum absolute atomic E-state index is 0.333. The summed E-state index contributed by atoms with van der Waals surface area (Å²) in [5.74, 6) is 1.24. The second-order valence-electron chi connectivity index (χ2n) is 4.93. The van der Waals surface area contributed by atoms with Crippen molar-refractivity contribution in [2.24, 2.45) is 0 Å². The van der Waals surface area contributed by atoms with E-state index >= 15 is 0 Å². The number of benzene rings is 1. The highest BCUT2D eigenvalue weighted by molar-refractivity contribution is 6.32. The lowest BCUT2D eigenvalue weighted by molar-refractivity contribution is 0.0168. The molecule has 1 aromatic carbocycles. The minimum Gasteiger partial charge on any atom is -0.493 e. The Morgan fingerprint density at radius 3 is 2.80 bits per heavy atom. The highest BCUT2D eigenvalue weighted by Gasteiger charge is 2.14. The zero-order valence-electron chi connectivity index (χ0n) is 12.1. The van der Waals surface area contributed by atoms with Gasteiger partial charge in [-0.15, -0.1) is 0 Å². The zero-order valence-corrected chi connectivity index (χ0v) is 12.8. The van der Waals surface area contributed by atoms with E-state index in [0.29, 0.717) is 22.6 Å². The lowest BCUT2D eigenvalue weighted by Gasteiger charge is -2.23. The summed E-state index contributed by atoms with van der Waals surface area (Å²) in [5.41, 5.74) is 1.07. The van der Waals surface area contributed by atoms with Crippen LogP contribution in [0.15, 0.2) is 12.1 Å². The Bertz CT molecular complexity index is 433. The van der Waals surface area contributed by atoms with Gasteiger partial charge in [-0.25, -0.2) is 0 Å². The van der Waals surface area contributed by atoms with Gasteiger partial charge in [0.25, 0.3) is 0 Å². The number of halogens is 1. The van der Waals surface area contributed by atoms with E-state index in [1.165, 1.54) is 12.8 Å². The molecule has 1 heterocycles. The third-order valence-corrected chi connectivity index (χ3v) is 3.75. The fourth-order valence-corrected chi connectivity index (χ4v) is 2.73. The van der Waals surface area contributed by atoms with Crippen molar-refractivity contribution in [3.63, 3.8) is 0 Å². The molecule has 1 aliphatic heterocycles. The molecule has 1 aliphatic rings. The smallest absolute Gasteiger partial charge is 0.179 e. The van der Waals surface area contributed by atoms with Crippen molar-refractivity contribution in [2.75, 3.05) is 27.4 Å². The van der Waals surface area contributed by atoms with Crippen molar-refractivity contribution in [1.29, 1.82) is 0 Å². The summed E-state index contributed by atoms with van der Waals surface area (Å²) < 4.78 is 16.2. The van der Waals surface area contributed by atoms with Gasteiger partial charge in [-0.1, -0.05) is 11.6 Å². The van der Waals surface area contributed by atoms with Crippen molar-refractivity contribution in [3.05, 3.63) is 22.7 Å². The van der Waals surface area contributed by atoms with Crippen LogP contribution in [0.3, 0.4) is 0 Å². The van der Waals surface area contributed by atoms with Gasteiger partial charge in [0.15, 0.2) is 11.5 Å². The fraction of sp³-hybridized carbons (Fsp3) is 0.600. The average molecular weight is 300 g/mol. The maximum Gasteiger partial charge on any atom is 0.179 e. The maximum atomic E-state index is 6.18. The van der Waals surface area contributed by atoms with Gasteiger partial charge in [-0.2, -0.15) is 0 Å². The lowest BCUT2D eigenvalue weighted by atomic mass is 10.1. The van der Waals surface area contributed by atoms with Gasteiger partial charge >= 0.3 is 0 Å². The van der Waals surface area contributed by atoms with Crippen LogP contribution < -0.4 is 14.8 Å². The van der Waals surface area contributed by atoms with E-state index in [2.05, 4.69) is 5.32 Å². The molecule has 5 heteroatoms. The Labute approximate surface area is 125 Å². The molecule has 1 atom stereocenters. The summed E-state index contributed by atoms with van der Waals surface area (Å²) in [6.07, 6.45) is 3.91. The largest absolute Gasteiger partial charge is 0.493 e. The van der Waals surface area contributed by atoms with Crippen LogP contribution in [0.4, 0.5) is 0 Å². The Morgan fingerprint density at radius 2 is 2.15 bits per heavy atom. The molecule has 0 bridgehead atoms. The van der Waals surface area contributed by atoms with E-state index in [1.54, 1.807) is 14.2 Å². The van der Waals surface area contributed by atoms with E-state index in [9.17, 15) is 0 Å². The average Bonchev–Trinajstić information content (AvgIpc) is 2.47. The first-order valence-electron chi connectivity index (χ1n) is 6.97. The number of rotatable bonds is 6. The molecule has 1 saturated heterocycles. The Morgan fingerprint density at radius 1 is 1.30 bits per heavy atom. The number of methoxy groups -OCH3 is 2. The zero-order chi connectivity index (χ0) is 14.4. The minimum atomic E-state index is 0.333. The Hall–Kier alpha value is -0.970. The molecular formula is C15H22ClNO3. The molecular weight excluding hydrogens is 278 g/mol. The first kappa shape index (κ1) is 15.4. The van der Waals surface area contributed by atoms with Crippen LogP contribution in [0.2, 0.25) is 5.02 Å². The molecule has 0 amide bonds. The van der Waals surface area contributed by atoms with Crippen LogP contribution in [0, 0.1) is 0 Å². The van der Waals surface area contributed by atoms with Crippen LogP contribution in [0.5, 0.6) is 11.5 Å². The van der Waals surface area contributed by atoms with Gasteiger partial charge in [-0.05, 0) is 37.0 Å². The van der Waals surface area contributed by atoms with Crippen molar-refractivity contribution in [3.8, 4) is 11.5 Å². The molecule has 2 rings (SSSR count). The first-order valence-corrected chi connectivity index (χ1v) is 7.35. The van der Waals surface area contributed by atoms with Crippen molar-refractivity contribution in [2.45, 2.75) is 31.9 Å². The highest BCUT2D eigenvalue weighted by atomic mass is 35.5. The standard InChI is InChI=1S/C15H22ClNO3/c1-18-14-8-11(7-13(16)15(14)19-2)9-17-10-12-5-3-4-6-20-12/h7-8,12,17H,3-6,9-10H2,1-2H3. The molecule has 4 nitrogen and oxygen atoms in total. The van der Waals surface area contributed by atoms with Crippen LogP contribution in [-0.4, -0.2) is 33.5 Å². The topological polar surface area (TPSA) is 39.7 Å².